The van der Waals surface area contributed by atoms with Crippen LogP contribution in [0.1, 0.15) is 18.9 Å². The van der Waals surface area contributed by atoms with Crippen LogP contribution in [0.3, 0.4) is 0 Å². The van der Waals surface area contributed by atoms with Crippen LogP contribution in [0.5, 0.6) is 0 Å². The molecule has 1 aliphatic rings. The van der Waals surface area contributed by atoms with Crippen LogP contribution in [-0.4, -0.2) is 28.2 Å². The highest BCUT2D eigenvalue weighted by Gasteiger charge is 2.19. The summed E-state index contributed by atoms with van der Waals surface area (Å²) in [5.41, 5.74) is 9.18. The minimum Gasteiger partial charge on any atom is -0.397 e. The number of amides is 1. The van der Waals surface area contributed by atoms with Gasteiger partial charge in [0, 0.05) is 34.5 Å². The summed E-state index contributed by atoms with van der Waals surface area (Å²) in [6.45, 7) is 2.67. The Kier molecular flexibility index (Phi) is 4.09. The van der Waals surface area contributed by atoms with Crippen LogP contribution in [0.4, 0.5) is 17.1 Å². The van der Waals surface area contributed by atoms with Gasteiger partial charge in [0.1, 0.15) is 0 Å². The summed E-state index contributed by atoms with van der Waals surface area (Å²) < 4.78 is 11.3. The summed E-state index contributed by atoms with van der Waals surface area (Å²) >= 11 is 0. The fourth-order valence-electron chi connectivity index (χ4n) is 2.02. The number of anilines is 3. The van der Waals surface area contributed by atoms with E-state index in [1.165, 1.54) is 0 Å². The molecule has 0 spiro atoms. The highest BCUT2D eigenvalue weighted by molar-refractivity contribution is 7.84. The summed E-state index contributed by atoms with van der Waals surface area (Å²) in [6.07, 6.45) is 2.92. The van der Waals surface area contributed by atoms with E-state index in [0.717, 1.165) is 23.4 Å². The zero-order chi connectivity index (χ0) is 14.0. The topological polar surface area (TPSA) is 84.2 Å². The second kappa shape index (κ2) is 5.61. The number of nitrogens with two attached hydrogens (primary N) is 1. The van der Waals surface area contributed by atoms with Crippen LogP contribution in [0.2, 0.25) is 0 Å². The first kappa shape index (κ1) is 13.9. The van der Waals surface area contributed by atoms with Crippen LogP contribution in [0, 0.1) is 0 Å². The normalized spacial score (nSPS) is 16.6. The number of nitrogen functional groups attached to an aromatic ring is 1. The zero-order valence-electron chi connectivity index (χ0n) is 11.2. The Morgan fingerprint density at radius 1 is 1.53 bits per heavy atom. The van der Waals surface area contributed by atoms with E-state index in [1.54, 1.807) is 6.26 Å². The molecule has 5 nitrogen and oxygen atoms in total. The molecule has 0 bridgehead atoms. The van der Waals surface area contributed by atoms with Crippen molar-refractivity contribution in [3.8, 4) is 0 Å². The third-order valence-electron chi connectivity index (χ3n) is 3.33. The molecule has 1 aliphatic heterocycles. The Morgan fingerprint density at radius 3 is 2.95 bits per heavy atom. The van der Waals surface area contributed by atoms with Crippen LogP contribution in [0.15, 0.2) is 12.1 Å². The zero-order valence-corrected chi connectivity index (χ0v) is 12.0. The van der Waals surface area contributed by atoms with E-state index in [9.17, 15) is 9.00 Å². The number of carbonyl (C=O) groups is 1. The molecule has 0 radical (unpaired) electrons. The van der Waals surface area contributed by atoms with Crippen LogP contribution < -0.4 is 16.4 Å². The third-order valence-corrected chi connectivity index (χ3v) is 4.70. The van der Waals surface area contributed by atoms with E-state index >= 15 is 0 Å². The van der Waals surface area contributed by atoms with E-state index in [-0.39, 0.29) is 11.2 Å². The molecule has 1 aromatic rings. The number of rotatable bonds is 5. The standard InChI is InChI=1S/C13H19N3O2S/c1-8(19(2)18)3-4-15-12-7-11-9(5-10(12)14)6-13(17)16-11/h5,7-8,15H,3-4,6,14H2,1-2H3,(H,16,17). The molecule has 0 aliphatic carbocycles. The maximum atomic E-state index is 11.3. The van der Waals surface area contributed by atoms with Gasteiger partial charge in [0.25, 0.3) is 0 Å². The van der Waals surface area contributed by atoms with E-state index in [4.69, 9.17) is 5.73 Å². The molecular weight excluding hydrogens is 262 g/mol. The van der Waals surface area contributed by atoms with Gasteiger partial charge in [-0.2, -0.15) is 0 Å². The Balaban J connectivity index is 2.00. The van der Waals surface area contributed by atoms with Crippen molar-refractivity contribution in [2.24, 2.45) is 0 Å². The van der Waals surface area contributed by atoms with Gasteiger partial charge in [-0.15, -0.1) is 0 Å². The van der Waals surface area contributed by atoms with Crippen LogP contribution in [0.25, 0.3) is 0 Å². The van der Waals surface area contributed by atoms with Crippen molar-refractivity contribution in [3.63, 3.8) is 0 Å². The highest BCUT2D eigenvalue weighted by Crippen LogP contribution is 2.31. The summed E-state index contributed by atoms with van der Waals surface area (Å²) in [4.78, 5) is 11.3. The number of hydrogen-bond donors (Lipinski definition) is 3. The summed E-state index contributed by atoms with van der Waals surface area (Å²) in [7, 11) is -0.806. The van der Waals surface area contributed by atoms with Gasteiger partial charge in [0.15, 0.2) is 0 Å². The minimum atomic E-state index is -0.806. The quantitative estimate of drug-likeness (QED) is 0.711. The highest BCUT2D eigenvalue weighted by atomic mass is 32.2. The first-order valence-electron chi connectivity index (χ1n) is 6.25. The predicted octanol–water partition coefficient (Wildman–Crippen LogP) is 1.33. The molecule has 104 valence electrons. The van der Waals surface area contributed by atoms with E-state index in [1.807, 2.05) is 19.1 Å². The average Bonchev–Trinajstić information content (AvgIpc) is 2.68. The summed E-state index contributed by atoms with van der Waals surface area (Å²) in [6, 6.07) is 3.69. The molecule has 0 saturated carbocycles. The molecule has 1 amide bonds. The summed E-state index contributed by atoms with van der Waals surface area (Å²) in [5.74, 6) is 0.00144. The van der Waals surface area contributed by atoms with E-state index < -0.39 is 10.8 Å². The molecule has 0 fully saturated rings. The maximum Gasteiger partial charge on any atom is 0.228 e. The molecule has 0 aromatic heterocycles. The molecule has 1 aromatic carbocycles. The molecule has 2 rings (SSSR count). The van der Waals surface area contributed by atoms with Gasteiger partial charge in [0.2, 0.25) is 5.91 Å². The monoisotopic (exact) mass is 281 g/mol. The fourth-order valence-corrected chi connectivity index (χ4v) is 2.47. The van der Waals surface area contributed by atoms with Crippen molar-refractivity contribution >= 4 is 33.8 Å². The molecule has 2 unspecified atom stereocenters. The summed E-state index contributed by atoms with van der Waals surface area (Å²) in [5, 5.41) is 6.19. The third kappa shape index (κ3) is 3.26. The molecule has 0 saturated heterocycles. The lowest BCUT2D eigenvalue weighted by Crippen LogP contribution is -2.15. The Labute approximate surface area is 115 Å². The smallest absolute Gasteiger partial charge is 0.228 e. The molecule has 19 heavy (non-hydrogen) atoms. The number of benzene rings is 1. The number of fused-ring (bicyclic) bond motifs is 1. The lowest BCUT2D eigenvalue weighted by atomic mass is 10.1. The molecule has 1 heterocycles. The Bertz CT molecular complexity index is 531. The lowest BCUT2D eigenvalue weighted by Gasteiger charge is -2.13. The Hall–Kier alpha value is -1.56. The Morgan fingerprint density at radius 2 is 2.26 bits per heavy atom. The second-order valence-electron chi connectivity index (χ2n) is 4.85. The first-order chi connectivity index (χ1) is 8.97. The SMILES string of the molecule is CC(CCNc1cc2c(cc1N)CC(=O)N2)S(C)=O. The maximum absolute atomic E-state index is 11.3. The largest absolute Gasteiger partial charge is 0.397 e. The van der Waals surface area contributed by atoms with Gasteiger partial charge in [-0.3, -0.25) is 9.00 Å². The molecule has 4 N–H and O–H groups in total. The average molecular weight is 281 g/mol. The first-order valence-corrected chi connectivity index (χ1v) is 7.88. The van der Waals surface area contributed by atoms with Crippen molar-refractivity contribution in [3.05, 3.63) is 17.7 Å². The number of carbonyl (C=O) groups excluding carboxylic acids is 1. The van der Waals surface area contributed by atoms with Crippen molar-refractivity contribution in [2.45, 2.75) is 25.0 Å². The molecular formula is C13H19N3O2S. The fraction of sp³-hybridized carbons (Fsp3) is 0.462. The van der Waals surface area contributed by atoms with Gasteiger partial charge in [0.05, 0.1) is 17.8 Å². The van der Waals surface area contributed by atoms with Gasteiger partial charge in [-0.1, -0.05) is 6.92 Å². The lowest BCUT2D eigenvalue weighted by molar-refractivity contribution is -0.115. The van der Waals surface area contributed by atoms with Gasteiger partial charge in [-0.25, -0.2) is 0 Å². The number of nitrogens with one attached hydrogen (secondary N) is 2. The second-order valence-corrected chi connectivity index (χ2v) is 6.65. The van der Waals surface area contributed by atoms with Crippen LogP contribution >= 0.6 is 0 Å². The van der Waals surface area contributed by atoms with Gasteiger partial charge < -0.3 is 16.4 Å². The van der Waals surface area contributed by atoms with Gasteiger partial charge >= 0.3 is 0 Å². The van der Waals surface area contributed by atoms with Crippen molar-refractivity contribution < 1.29 is 9.00 Å². The molecule has 6 heteroatoms. The van der Waals surface area contributed by atoms with Crippen molar-refractivity contribution in [1.29, 1.82) is 0 Å². The van der Waals surface area contributed by atoms with Crippen LogP contribution in [-0.2, 0) is 22.0 Å². The van der Waals surface area contributed by atoms with Gasteiger partial charge in [-0.05, 0) is 24.1 Å². The predicted molar refractivity (Wildman–Crippen MR) is 79.8 cm³/mol. The van der Waals surface area contributed by atoms with E-state index in [0.29, 0.717) is 18.7 Å². The minimum absolute atomic E-state index is 0.00144. The van der Waals surface area contributed by atoms with E-state index in [2.05, 4.69) is 10.6 Å². The van der Waals surface area contributed by atoms with Crippen molar-refractivity contribution in [2.75, 3.05) is 29.2 Å². The van der Waals surface area contributed by atoms with Crippen molar-refractivity contribution in [1.82, 2.24) is 0 Å². The molecule has 2 atom stereocenters. The number of hydrogen-bond acceptors (Lipinski definition) is 4.